The molecule has 5 rings (SSSR count). The predicted octanol–water partition coefficient (Wildman–Crippen LogP) is 5.21. The standard InChI is InChI=1S/C23H19ClN4O3S/c24-20-6-5-16(12-25-20)26-21(29)17-13-32-22(27-17)14-7-9-28(10-8-14)23(30)19-11-15-3-1-2-4-18(15)31-19/h1-6,11-14H,7-10H2,(H,26,29). The molecule has 1 aliphatic heterocycles. The molecule has 0 bridgehead atoms. The summed E-state index contributed by atoms with van der Waals surface area (Å²) in [6.45, 7) is 1.25. The first-order valence-corrected chi connectivity index (χ1v) is 11.5. The number of carbonyl (C=O) groups is 2. The van der Waals surface area contributed by atoms with E-state index in [4.69, 9.17) is 16.0 Å². The van der Waals surface area contributed by atoms with Gasteiger partial charge in [0.05, 0.1) is 16.9 Å². The maximum Gasteiger partial charge on any atom is 0.289 e. The number of anilines is 1. The molecule has 0 saturated carbocycles. The van der Waals surface area contributed by atoms with Crippen molar-refractivity contribution in [2.75, 3.05) is 18.4 Å². The van der Waals surface area contributed by atoms with Crippen LogP contribution in [0.2, 0.25) is 5.15 Å². The summed E-state index contributed by atoms with van der Waals surface area (Å²) < 4.78 is 5.72. The highest BCUT2D eigenvalue weighted by atomic mass is 35.5. The number of pyridine rings is 1. The van der Waals surface area contributed by atoms with E-state index >= 15 is 0 Å². The van der Waals surface area contributed by atoms with Gasteiger partial charge in [-0.15, -0.1) is 11.3 Å². The number of hydrogen-bond donors (Lipinski definition) is 1. The Kier molecular flexibility index (Phi) is 5.63. The number of piperidine rings is 1. The Morgan fingerprint density at radius 2 is 1.97 bits per heavy atom. The lowest BCUT2D eigenvalue weighted by molar-refractivity contribution is 0.0683. The third-order valence-corrected chi connectivity index (χ3v) is 6.74. The van der Waals surface area contributed by atoms with Gasteiger partial charge < -0.3 is 14.6 Å². The number of amides is 2. The summed E-state index contributed by atoms with van der Waals surface area (Å²) in [4.78, 5) is 35.6. The van der Waals surface area contributed by atoms with Crippen molar-refractivity contribution in [2.24, 2.45) is 0 Å². The minimum absolute atomic E-state index is 0.0876. The minimum atomic E-state index is -0.283. The number of thiazole rings is 1. The highest BCUT2D eigenvalue weighted by Crippen LogP contribution is 2.31. The van der Waals surface area contributed by atoms with Crippen LogP contribution in [0.25, 0.3) is 11.0 Å². The van der Waals surface area contributed by atoms with Crippen molar-refractivity contribution in [3.8, 4) is 0 Å². The molecule has 1 aromatic carbocycles. The summed E-state index contributed by atoms with van der Waals surface area (Å²) in [5, 5.41) is 6.74. The molecule has 7 nitrogen and oxygen atoms in total. The van der Waals surface area contributed by atoms with Gasteiger partial charge >= 0.3 is 0 Å². The zero-order valence-corrected chi connectivity index (χ0v) is 18.5. The number of halogens is 1. The average molecular weight is 467 g/mol. The largest absolute Gasteiger partial charge is 0.451 e. The molecular formula is C23H19ClN4O3S. The Balaban J connectivity index is 1.20. The number of likely N-dealkylation sites (tertiary alicyclic amines) is 1. The first-order chi connectivity index (χ1) is 15.6. The number of fused-ring (bicyclic) bond motifs is 1. The second kappa shape index (κ2) is 8.72. The fourth-order valence-corrected chi connectivity index (χ4v) is 4.88. The molecular weight excluding hydrogens is 448 g/mol. The SMILES string of the molecule is O=C(Nc1ccc(Cl)nc1)c1csc(C2CCN(C(=O)c3cc4ccccc4o3)CC2)n1. The number of carbonyl (C=O) groups excluding carboxylic acids is 2. The lowest BCUT2D eigenvalue weighted by atomic mass is 9.97. The minimum Gasteiger partial charge on any atom is -0.451 e. The molecule has 4 aromatic rings. The molecule has 0 spiro atoms. The summed E-state index contributed by atoms with van der Waals surface area (Å²) in [5.41, 5.74) is 1.65. The summed E-state index contributed by atoms with van der Waals surface area (Å²) in [5.74, 6) is 0.220. The van der Waals surface area contributed by atoms with E-state index in [-0.39, 0.29) is 17.7 Å². The number of nitrogens with one attached hydrogen (secondary N) is 1. The number of aromatic nitrogens is 2. The lowest BCUT2D eigenvalue weighted by Gasteiger charge is -2.30. The third-order valence-electron chi connectivity index (χ3n) is 5.51. The Morgan fingerprint density at radius 1 is 1.16 bits per heavy atom. The molecule has 0 radical (unpaired) electrons. The fraction of sp³-hybridized carbons (Fsp3) is 0.217. The molecule has 1 aliphatic rings. The van der Waals surface area contributed by atoms with Crippen LogP contribution in [-0.2, 0) is 0 Å². The molecule has 0 aliphatic carbocycles. The van der Waals surface area contributed by atoms with Crippen LogP contribution >= 0.6 is 22.9 Å². The maximum absolute atomic E-state index is 12.9. The van der Waals surface area contributed by atoms with Crippen molar-refractivity contribution in [3.05, 3.63) is 75.7 Å². The van der Waals surface area contributed by atoms with E-state index in [9.17, 15) is 9.59 Å². The summed E-state index contributed by atoms with van der Waals surface area (Å²) in [6.07, 6.45) is 3.09. The monoisotopic (exact) mass is 466 g/mol. The number of furan rings is 1. The molecule has 0 unspecified atom stereocenters. The van der Waals surface area contributed by atoms with Crippen LogP contribution in [0.5, 0.6) is 0 Å². The number of para-hydroxylation sites is 1. The van der Waals surface area contributed by atoms with E-state index in [0.717, 1.165) is 23.2 Å². The number of benzene rings is 1. The van der Waals surface area contributed by atoms with Crippen LogP contribution in [-0.4, -0.2) is 39.8 Å². The summed E-state index contributed by atoms with van der Waals surface area (Å²) in [7, 11) is 0. The van der Waals surface area contributed by atoms with E-state index in [1.54, 1.807) is 23.6 Å². The van der Waals surface area contributed by atoms with Gasteiger partial charge in [0.2, 0.25) is 0 Å². The molecule has 1 saturated heterocycles. The molecule has 2 amide bonds. The quantitative estimate of drug-likeness (QED) is 0.417. The van der Waals surface area contributed by atoms with E-state index in [1.807, 2.05) is 29.2 Å². The molecule has 3 aromatic heterocycles. The van der Waals surface area contributed by atoms with Crippen molar-refractivity contribution < 1.29 is 14.0 Å². The Morgan fingerprint density at radius 3 is 2.72 bits per heavy atom. The average Bonchev–Trinajstić information content (AvgIpc) is 3.48. The zero-order chi connectivity index (χ0) is 22.1. The van der Waals surface area contributed by atoms with Gasteiger partial charge in [0.25, 0.3) is 11.8 Å². The topological polar surface area (TPSA) is 88.3 Å². The zero-order valence-electron chi connectivity index (χ0n) is 17.0. The first-order valence-electron chi connectivity index (χ1n) is 10.2. The number of nitrogens with zero attached hydrogens (tertiary/aromatic N) is 3. The van der Waals surface area contributed by atoms with E-state index in [0.29, 0.717) is 41.0 Å². The summed E-state index contributed by atoms with van der Waals surface area (Å²) in [6, 6.07) is 12.7. The van der Waals surface area contributed by atoms with Crippen molar-refractivity contribution in [1.82, 2.24) is 14.9 Å². The van der Waals surface area contributed by atoms with E-state index < -0.39 is 0 Å². The van der Waals surface area contributed by atoms with Crippen LogP contribution in [0, 0.1) is 0 Å². The fourth-order valence-electron chi connectivity index (χ4n) is 3.80. The van der Waals surface area contributed by atoms with Gasteiger partial charge in [0.1, 0.15) is 16.4 Å². The van der Waals surface area contributed by atoms with Crippen LogP contribution in [0.15, 0.2) is 58.5 Å². The van der Waals surface area contributed by atoms with Crippen molar-refractivity contribution in [1.29, 1.82) is 0 Å². The van der Waals surface area contributed by atoms with E-state index in [2.05, 4.69) is 15.3 Å². The van der Waals surface area contributed by atoms with Crippen LogP contribution < -0.4 is 5.32 Å². The Hall–Kier alpha value is -3.23. The van der Waals surface area contributed by atoms with Gasteiger partial charge in [-0.05, 0) is 37.1 Å². The Labute approximate surface area is 193 Å². The second-order valence-electron chi connectivity index (χ2n) is 7.61. The highest BCUT2D eigenvalue weighted by molar-refractivity contribution is 7.10. The molecule has 32 heavy (non-hydrogen) atoms. The van der Waals surface area contributed by atoms with Gasteiger partial charge in [-0.2, -0.15) is 0 Å². The molecule has 1 N–H and O–H groups in total. The molecule has 9 heteroatoms. The molecule has 0 atom stereocenters. The predicted molar refractivity (Wildman–Crippen MR) is 123 cm³/mol. The van der Waals surface area contributed by atoms with Gasteiger partial charge in [0, 0.05) is 29.8 Å². The smallest absolute Gasteiger partial charge is 0.289 e. The normalized spacial score (nSPS) is 14.6. The molecule has 162 valence electrons. The third kappa shape index (κ3) is 4.24. The molecule has 1 fully saturated rings. The van der Waals surface area contributed by atoms with Crippen molar-refractivity contribution in [3.63, 3.8) is 0 Å². The maximum atomic E-state index is 12.9. The van der Waals surface area contributed by atoms with Crippen molar-refractivity contribution >= 4 is 51.4 Å². The van der Waals surface area contributed by atoms with Gasteiger partial charge in [-0.25, -0.2) is 9.97 Å². The van der Waals surface area contributed by atoms with Gasteiger partial charge in [-0.3, -0.25) is 9.59 Å². The van der Waals surface area contributed by atoms with Crippen LogP contribution in [0.3, 0.4) is 0 Å². The van der Waals surface area contributed by atoms with Crippen LogP contribution in [0.1, 0.15) is 44.8 Å². The first kappa shape index (κ1) is 20.7. The highest BCUT2D eigenvalue weighted by Gasteiger charge is 2.28. The van der Waals surface area contributed by atoms with Gasteiger partial charge in [-0.1, -0.05) is 29.8 Å². The molecule has 4 heterocycles. The number of hydrogen-bond acceptors (Lipinski definition) is 6. The number of rotatable bonds is 4. The van der Waals surface area contributed by atoms with Crippen LogP contribution in [0.4, 0.5) is 5.69 Å². The lowest BCUT2D eigenvalue weighted by Crippen LogP contribution is -2.37. The second-order valence-corrected chi connectivity index (χ2v) is 8.89. The Bertz CT molecular complexity index is 1240. The van der Waals surface area contributed by atoms with Crippen molar-refractivity contribution in [2.45, 2.75) is 18.8 Å². The van der Waals surface area contributed by atoms with Gasteiger partial charge in [0.15, 0.2) is 5.76 Å². The summed E-state index contributed by atoms with van der Waals surface area (Å²) >= 11 is 7.25. The van der Waals surface area contributed by atoms with E-state index in [1.165, 1.54) is 17.5 Å².